The van der Waals surface area contributed by atoms with Crippen LogP contribution in [0.4, 0.5) is 5.82 Å². The number of benzene rings is 1. The van der Waals surface area contributed by atoms with Gasteiger partial charge in [-0.05, 0) is 55.6 Å². The third-order valence-corrected chi connectivity index (χ3v) is 4.81. The molecule has 0 saturated carbocycles. The first-order chi connectivity index (χ1) is 15.1. The molecular weight excluding hydrogens is 388 g/mol. The minimum absolute atomic E-state index is 0.174. The normalized spacial score (nSPS) is 11.4. The zero-order chi connectivity index (χ0) is 21.6. The summed E-state index contributed by atoms with van der Waals surface area (Å²) in [6, 6.07) is 11.2. The van der Waals surface area contributed by atoms with Crippen LogP contribution < -0.4 is 10.6 Å². The van der Waals surface area contributed by atoms with Crippen molar-refractivity contribution in [3.8, 4) is 23.0 Å². The second-order valence-electron chi connectivity index (χ2n) is 6.91. The SMILES string of the molecule is CNC(C)C(=O)Nc1ccc(-c2cncnc2)c(C#Cc2ccc3ccncc3c2)n1. The molecule has 4 rings (SSSR count). The monoisotopic (exact) mass is 408 g/mol. The Morgan fingerprint density at radius 2 is 1.81 bits per heavy atom. The van der Waals surface area contributed by atoms with E-state index in [9.17, 15) is 4.79 Å². The Hall–Kier alpha value is -4.15. The lowest BCUT2D eigenvalue weighted by Gasteiger charge is -2.12. The minimum Gasteiger partial charge on any atom is -0.309 e. The Morgan fingerprint density at radius 3 is 2.61 bits per heavy atom. The first-order valence-corrected chi connectivity index (χ1v) is 9.74. The molecule has 3 heterocycles. The highest BCUT2D eigenvalue weighted by molar-refractivity contribution is 5.94. The quantitative estimate of drug-likeness (QED) is 0.504. The van der Waals surface area contributed by atoms with Gasteiger partial charge in [0.05, 0.1) is 6.04 Å². The molecule has 2 N–H and O–H groups in total. The van der Waals surface area contributed by atoms with Gasteiger partial charge in [0, 0.05) is 46.9 Å². The predicted molar refractivity (Wildman–Crippen MR) is 120 cm³/mol. The van der Waals surface area contributed by atoms with Gasteiger partial charge < -0.3 is 10.6 Å². The van der Waals surface area contributed by atoms with Gasteiger partial charge in [0.1, 0.15) is 17.8 Å². The van der Waals surface area contributed by atoms with Crippen LogP contribution in [0, 0.1) is 11.8 Å². The molecule has 0 radical (unpaired) electrons. The number of pyridine rings is 2. The van der Waals surface area contributed by atoms with Gasteiger partial charge in [0.15, 0.2) is 0 Å². The second-order valence-corrected chi connectivity index (χ2v) is 6.91. The third kappa shape index (κ3) is 4.71. The van der Waals surface area contributed by atoms with E-state index in [2.05, 4.69) is 42.4 Å². The van der Waals surface area contributed by atoms with Crippen LogP contribution in [0.5, 0.6) is 0 Å². The molecule has 0 aliphatic carbocycles. The Bertz CT molecular complexity index is 1290. The van der Waals surface area contributed by atoms with E-state index in [1.807, 2.05) is 36.5 Å². The molecule has 152 valence electrons. The maximum Gasteiger partial charge on any atom is 0.242 e. The van der Waals surface area contributed by atoms with Crippen molar-refractivity contribution in [1.82, 2.24) is 25.3 Å². The van der Waals surface area contributed by atoms with Crippen LogP contribution in [0.2, 0.25) is 0 Å². The zero-order valence-electron chi connectivity index (χ0n) is 17.1. The molecule has 0 spiro atoms. The van der Waals surface area contributed by atoms with Crippen molar-refractivity contribution < 1.29 is 4.79 Å². The number of nitrogens with one attached hydrogen (secondary N) is 2. The van der Waals surface area contributed by atoms with Crippen molar-refractivity contribution in [2.24, 2.45) is 0 Å². The molecule has 1 atom stereocenters. The number of aromatic nitrogens is 4. The fraction of sp³-hybridized carbons (Fsp3) is 0.125. The van der Waals surface area contributed by atoms with Gasteiger partial charge in [-0.15, -0.1) is 0 Å². The lowest BCUT2D eigenvalue weighted by molar-refractivity contribution is -0.117. The van der Waals surface area contributed by atoms with Crippen molar-refractivity contribution in [2.75, 3.05) is 12.4 Å². The number of likely N-dealkylation sites (N-methyl/N-ethyl adjacent to an activating group) is 1. The van der Waals surface area contributed by atoms with Gasteiger partial charge in [-0.25, -0.2) is 15.0 Å². The van der Waals surface area contributed by atoms with E-state index < -0.39 is 0 Å². The van der Waals surface area contributed by atoms with E-state index in [1.54, 1.807) is 38.6 Å². The smallest absolute Gasteiger partial charge is 0.242 e. The van der Waals surface area contributed by atoms with Crippen molar-refractivity contribution in [3.05, 3.63) is 78.8 Å². The Labute approximate surface area is 180 Å². The first-order valence-electron chi connectivity index (χ1n) is 9.74. The molecule has 0 bridgehead atoms. The van der Waals surface area contributed by atoms with E-state index in [0.29, 0.717) is 11.5 Å². The Kier molecular flexibility index (Phi) is 5.92. The fourth-order valence-corrected chi connectivity index (χ4v) is 2.95. The van der Waals surface area contributed by atoms with Gasteiger partial charge in [-0.2, -0.15) is 0 Å². The number of amides is 1. The van der Waals surface area contributed by atoms with Gasteiger partial charge >= 0.3 is 0 Å². The molecule has 7 nitrogen and oxygen atoms in total. The highest BCUT2D eigenvalue weighted by Crippen LogP contribution is 2.23. The van der Waals surface area contributed by atoms with Crippen LogP contribution in [0.15, 0.2) is 67.5 Å². The van der Waals surface area contributed by atoms with Gasteiger partial charge in [-0.3, -0.25) is 9.78 Å². The van der Waals surface area contributed by atoms with Crippen molar-refractivity contribution in [1.29, 1.82) is 0 Å². The number of hydrogen-bond donors (Lipinski definition) is 2. The number of anilines is 1. The van der Waals surface area contributed by atoms with Gasteiger partial charge in [-0.1, -0.05) is 12.0 Å². The van der Waals surface area contributed by atoms with E-state index in [1.165, 1.54) is 6.33 Å². The fourth-order valence-electron chi connectivity index (χ4n) is 2.95. The average Bonchev–Trinajstić information content (AvgIpc) is 2.82. The van der Waals surface area contributed by atoms with E-state index >= 15 is 0 Å². The summed E-state index contributed by atoms with van der Waals surface area (Å²) in [5.41, 5.74) is 2.95. The molecule has 1 unspecified atom stereocenters. The zero-order valence-corrected chi connectivity index (χ0v) is 17.1. The van der Waals surface area contributed by atoms with Crippen LogP contribution in [-0.4, -0.2) is 38.9 Å². The molecule has 0 fully saturated rings. The molecule has 0 aliphatic rings. The summed E-state index contributed by atoms with van der Waals surface area (Å²) in [6.07, 6.45) is 8.46. The lowest BCUT2D eigenvalue weighted by atomic mass is 10.1. The highest BCUT2D eigenvalue weighted by Gasteiger charge is 2.13. The Morgan fingerprint density at radius 1 is 0.968 bits per heavy atom. The number of hydrogen-bond acceptors (Lipinski definition) is 6. The summed E-state index contributed by atoms with van der Waals surface area (Å²) in [5, 5.41) is 7.84. The lowest BCUT2D eigenvalue weighted by Crippen LogP contribution is -2.35. The van der Waals surface area contributed by atoms with Crippen molar-refractivity contribution in [3.63, 3.8) is 0 Å². The molecule has 31 heavy (non-hydrogen) atoms. The largest absolute Gasteiger partial charge is 0.309 e. The van der Waals surface area contributed by atoms with Crippen molar-refractivity contribution in [2.45, 2.75) is 13.0 Å². The summed E-state index contributed by atoms with van der Waals surface area (Å²) < 4.78 is 0. The molecule has 7 heteroatoms. The summed E-state index contributed by atoms with van der Waals surface area (Å²) in [4.78, 5) is 29.2. The summed E-state index contributed by atoms with van der Waals surface area (Å²) in [7, 11) is 1.73. The molecule has 3 aromatic heterocycles. The number of nitrogens with zero attached hydrogens (tertiary/aromatic N) is 4. The standard InChI is InChI=1S/C24H20N6O/c1-16(25-2)24(31)30-23-8-6-21(20-13-27-15-28-14-20)22(29-23)7-4-17-3-5-18-9-10-26-12-19(18)11-17/h3,5-6,8-16,25H,1-2H3,(H,29,30,31). The van der Waals surface area contributed by atoms with Crippen LogP contribution >= 0.6 is 0 Å². The number of rotatable bonds is 4. The molecule has 1 aromatic carbocycles. The molecule has 0 aliphatic heterocycles. The number of carbonyl (C=O) groups is 1. The van der Waals surface area contributed by atoms with E-state index in [-0.39, 0.29) is 11.9 Å². The third-order valence-electron chi connectivity index (χ3n) is 4.81. The summed E-state index contributed by atoms with van der Waals surface area (Å²) in [6.45, 7) is 1.78. The van der Waals surface area contributed by atoms with Crippen molar-refractivity contribution >= 4 is 22.5 Å². The Balaban J connectivity index is 1.73. The first kappa shape index (κ1) is 20.1. The summed E-state index contributed by atoms with van der Waals surface area (Å²) >= 11 is 0. The van der Waals surface area contributed by atoms with E-state index in [4.69, 9.17) is 0 Å². The van der Waals surface area contributed by atoms with Crippen LogP contribution in [0.1, 0.15) is 18.2 Å². The second kappa shape index (κ2) is 9.11. The molecule has 0 saturated heterocycles. The van der Waals surface area contributed by atoms with Gasteiger partial charge in [0.2, 0.25) is 5.91 Å². The predicted octanol–water partition coefficient (Wildman–Crippen LogP) is 3.03. The maximum atomic E-state index is 12.2. The minimum atomic E-state index is -0.343. The topological polar surface area (TPSA) is 92.7 Å². The average molecular weight is 408 g/mol. The maximum absolute atomic E-state index is 12.2. The number of carbonyl (C=O) groups excluding carboxylic acids is 1. The highest BCUT2D eigenvalue weighted by atomic mass is 16.2. The molecule has 1 amide bonds. The molecular formula is C24H20N6O. The summed E-state index contributed by atoms with van der Waals surface area (Å²) in [5.74, 6) is 6.57. The van der Waals surface area contributed by atoms with Crippen LogP contribution in [0.3, 0.4) is 0 Å². The van der Waals surface area contributed by atoms with Crippen LogP contribution in [0.25, 0.3) is 21.9 Å². The van der Waals surface area contributed by atoms with Crippen LogP contribution in [-0.2, 0) is 4.79 Å². The molecule has 4 aromatic rings. The van der Waals surface area contributed by atoms with E-state index in [0.717, 1.165) is 27.5 Å². The van der Waals surface area contributed by atoms with Gasteiger partial charge in [0.25, 0.3) is 0 Å². The number of fused-ring (bicyclic) bond motifs is 1.